The van der Waals surface area contributed by atoms with E-state index < -0.39 is 17.1 Å². The van der Waals surface area contributed by atoms with Crippen LogP contribution in [0, 0.1) is 5.82 Å². The van der Waals surface area contributed by atoms with Crippen LogP contribution in [-0.2, 0) is 26.3 Å². The molecule has 3 aliphatic rings. The monoisotopic (exact) mass is 497 g/mol. The van der Waals surface area contributed by atoms with E-state index in [0.717, 1.165) is 51.7 Å². The topological polar surface area (TPSA) is 60.9 Å². The van der Waals surface area contributed by atoms with Gasteiger partial charge in [0, 0.05) is 57.2 Å². The van der Waals surface area contributed by atoms with E-state index in [-0.39, 0.29) is 36.3 Å². The molecule has 5 rings (SSSR count). The highest BCUT2D eigenvalue weighted by Gasteiger charge is 2.56. The van der Waals surface area contributed by atoms with Crippen LogP contribution >= 0.6 is 11.3 Å². The first-order valence-corrected chi connectivity index (χ1v) is 13.5. The molecule has 3 heterocycles. The molecule has 3 amide bonds. The number of halogens is 1. The van der Waals surface area contributed by atoms with Gasteiger partial charge in [-0.1, -0.05) is 37.5 Å². The molecule has 186 valence electrons. The molecule has 8 heteroatoms. The van der Waals surface area contributed by atoms with E-state index >= 15 is 4.39 Å². The second kappa shape index (κ2) is 10.2. The maximum absolute atomic E-state index is 15.1. The van der Waals surface area contributed by atoms with Crippen molar-refractivity contribution >= 4 is 29.1 Å². The number of thiophene rings is 1. The number of hydrogen-bond donors (Lipinski definition) is 0. The van der Waals surface area contributed by atoms with Crippen molar-refractivity contribution in [3.8, 4) is 0 Å². The first-order valence-electron chi connectivity index (χ1n) is 12.6. The van der Waals surface area contributed by atoms with E-state index in [4.69, 9.17) is 0 Å². The highest BCUT2D eigenvalue weighted by atomic mass is 32.1. The van der Waals surface area contributed by atoms with Gasteiger partial charge in [0.1, 0.15) is 5.82 Å². The van der Waals surface area contributed by atoms with Gasteiger partial charge in [-0.3, -0.25) is 24.2 Å². The molecule has 35 heavy (non-hydrogen) atoms. The van der Waals surface area contributed by atoms with Crippen molar-refractivity contribution in [3.05, 3.63) is 58.0 Å². The molecule has 0 radical (unpaired) electrons. The predicted molar refractivity (Wildman–Crippen MR) is 132 cm³/mol. The zero-order chi connectivity index (χ0) is 24.4. The van der Waals surface area contributed by atoms with E-state index in [1.54, 1.807) is 34.4 Å². The van der Waals surface area contributed by atoms with Crippen molar-refractivity contribution < 1.29 is 18.8 Å². The molecule has 0 spiro atoms. The molecule has 6 nitrogen and oxygen atoms in total. The van der Waals surface area contributed by atoms with Crippen LogP contribution in [0.5, 0.6) is 0 Å². The highest BCUT2D eigenvalue weighted by molar-refractivity contribution is 7.07. The number of amides is 3. The van der Waals surface area contributed by atoms with Gasteiger partial charge in [0.15, 0.2) is 0 Å². The van der Waals surface area contributed by atoms with Gasteiger partial charge in [-0.15, -0.1) is 0 Å². The van der Waals surface area contributed by atoms with E-state index in [9.17, 15) is 14.4 Å². The zero-order valence-electron chi connectivity index (χ0n) is 20.0. The Morgan fingerprint density at radius 1 is 1.03 bits per heavy atom. The number of imide groups is 1. The Labute approximate surface area is 209 Å². The lowest BCUT2D eigenvalue weighted by atomic mass is 9.75. The van der Waals surface area contributed by atoms with Crippen LogP contribution in [0.2, 0.25) is 0 Å². The molecule has 0 N–H and O–H groups in total. The summed E-state index contributed by atoms with van der Waals surface area (Å²) in [5.41, 5.74) is -0.0302. The van der Waals surface area contributed by atoms with Crippen LogP contribution in [0.25, 0.3) is 0 Å². The lowest BCUT2D eigenvalue weighted by molar-refractivity contribution is -0.145. The standard InChI is InChI=1S/C27H32FN3O3S/c28-23-9-5-4-8-22(23)27(17-25(33)31(26(27)34)21-6-2-1-3-7-21)16-24(32)30-13-11-29(12-14-30)18-20-10-15-35-19-20/h4-5,8-10,15,19,21H,1-3,6-7,11-14,16-18H2/t27-/m1/s1. The molecule has 2 aliphatic heterocycles. The summed E-state index contributed by atoms with van der Waals surface area (Å²) in [6.07, 6.45) is 4.29. The van der Waals surface area contributed by atoms with Gasteiger partial charge in [-0.05, 0) is 41.3 Å². The summed E-state index contributed by atoms with van der Waals surface area (Å²) >= 11 is 1.68. The smallest absolute Gasteiger partial charge is 0.241 e. The van der Waals surface area contributed by atoms with Gasteiger partial charge in [0.05, 0.1) is 5.41 Å². The molecule has 0 bridgehead atoms. The number of nitrogens with zero attached hydrogens (tertiary/aromatic N) is 3. The Morgan fingerprint density at radius 3 is 2.46 bits per heavy atom. The SMILES string of the molecule is O=C(C[C@]1(c2ccccc2F)CC(=O)N(C2CCCCC2)C1=O)N1CCN(Cc2ccsc2)CC1. The Kier molecular flexibility index (Phi) is 7.02. The summed E-state index contributed by atoms with van der Waals surface area (Å²) < 4.78 is 15.1. The van der Waals surface area contributed by atoms with Gasteiger partial charge < -0.3 is 4.90 Å². The summed E-state index contributed by atoms with van der Waals surface area (Å²) in [5.74, 6) is -1.40. The van der Waals surface area contributed by atoms with E-state index in [0.29, 0.717) is 13.1 Å². The minimum Gasteiger partial charge on any atom is -0.340 e. The summed E-state index contributed by atoms with van der Waals surface area (Å²) in [4.78, 5) is 46.1. The first-order chi connectivity index (χ1) is 17.0. The number of benzene rings is 1. The van der Waals surface area contributed by atoms with Crippen molar-refractivity contribution in [1.29, 1.82) is 0 Å². The maximum Gasteiger partial charge on any atom is 0.241 e. The summed E-state index contributed by atoms with van der Waals surface area (Å²) in [7, 11) is 0. The van der Waals surface area contributed by atoms with Crippen LogP contribution in [0.15, 0.2) is 41.1 Å². The number of piperazine rings is 1. The van der Waals surface area contributed by atoms with Crippen LogP contribution in [0.3, 0.4) is 0 Å². The van der Waals surface area contributed by atoms with Gasteiger partial charge in [0.2, 0.25) is 17.7 Å². The summed E-state index contributed by atoms with van der Waals surface area (Å²) in [6.45, 7) is 3.47. The quantitative estimate of drug-likeness (QED) is 0.567. The van der Waals surface area contributed by atoms with Gasteiger partial charge in [0.25, 0.3) is 0 Å². The summed E-state index contributed by atoms with van der Waals surface area (Å²) in [5, 5.41) is 4.20. The summed E-state index contributed by atoms with van der Waals surface area (Å²) in [6, 6.07) is 8.09. The minimum atomic E-state index is -1.47. The van der Waals surface area contributed by atoms with Crippen LogP contribution < -0.4 is 0 Å². The molecule has 1 aliphatic carbocycles. The van der Waals surface area contributed by atoms with E-state index in [2.05, 4.69) is 21.7 Å². The van der Waals surface area contributed by atoms with Crippen molar-refractivity contribution in [1.82, 2.24) is 14.7 Å². The van der Waals surface area contributed by atoms with E-state index in [1.165, 1.54) is 16.5 Å². The Balaban J connectivity index is 1.35. The zero-order valence-corrected chi connectivity index (χ0v) is 20.8. The number of carbonyl (C=O) groups excluding carboxylic acids is 3. The molecule has 3 fully saturated rings. The normalized spacial score (nSPS) is 24.4. The highest BCUT2D eigenvalue weighted by Crippen LogP contribution is 2.43. The second-order valence-corrected chi connectivity index (χ2v) is 10.8. The van der Waals surface area contributed by atoms with Crippen LogP contribution in [-0.4, -0.2) is 64.6 Å². The van der Waals surface area contributed by atoms with Gasteiger partial charge >= 0.3 is 0 Å². The lowest BCUT2D eigenvalue weighted by Crippen LogP contribution is -2.51. The number of rotatable bonds is 6. The maximum atomic E-state index is 15.1. The number of hydrogen-bond acceptors (Lipinski definition) is 5. The fraction of sp³-hybridized carbons (Fsp3) is 0.519. The second-order valence-electron chi connectivity index (χ2n) is 10.1. The van der Waals surface area contributed by atoms with Crippen molar-refractivity contribution in [2.24, 2.45) is 0 Å². The molecule has 2 aromatic rings. The molecular weight excluding hydrogens is 465 g/mol. The van der Waals surface area contributed by atoms with Gasteiger partial charge in [-0.2, -0.15) is 11.3 Å². The van der Waals surface area contributed by atoms with Crippen molar-refractivity contribution in [2.75, 3.05) is 26.2 Å². The fourth-order valence-corrected chi connectivity index (χ4v) is 6.59. The third-order valence-electron chi connectivity index (χ3n) is 7.84. The third kappa shape index (κ3) is 4.78. The van der Waals surface area contributed by atoms with Crippen LogP contribution in [0.1, 0.15) is 56.1 Å². The average Bonchev–Trinajstić information content (AvgIpc) is 3.46. The predicted octanol–water partition coefficient (Wildman–Crippen LogP) is 3.95. The minimum absolute atomic E-state index is 0.145. The largest absolute Gasteiger partial charge is 0.340 e. The molecular formula is C27H32FN3O3S. The van der Waals surface area contributed by atoms with E-state index in [1.807, 2.05) is 0 Å². The first kappa shape index (κ1) is 24.1. The molecule has 2 saturated heterocycles. The average molecular weight is 498 g/mol. The Bertz CT molecular complexity index is 1080. The lowest BCUT2D eigenvalue weighted by Gasteiger charge is -2.37. The molecule has 1 atom stereocenters. The molecule has 1 saturated carbocycles. The Morgan fingerprint density at radius 2 is 1.77 bits per heavy atom. The van der Waals surface area contributed by atoms with Crippen LogP contribution in [0.4, 0.5) is 4.39 Å². The third-order valence-corrected chi connectivity index (χ3v) is 8.58. The fourth-order valence-electron chi connectivity index (χ4n) is 5.93. The van der Waals surface area contributed by atoms with Crippen molar-refractivity contribution in [3.63, 3.8) is 0 Å². The van der Waals surface area contributed by atoms with Crippen molar-refractivity contribution in [2.45, 2.75) is 62.9 Å². The molecule has 1 aromatic heterocycles. The number of likely N-dealkylation sites (tertiary alicyclic amines) is 1. The number of carbonyl (C=O) groups is 3. The Hall–Kier alpha value is -2.58. The van der Waals surface area contributed by atoms with Gasteiger partial charge in [-0.25, -0.2) is 4.39 Å². The molecule has 0 unspecified atom stereocenters. The molecule has 1 aromatic carbocycles.